The van der Waals surface area contributed by atoms with Crippen molar-refractivity contribution in [2.45, 2.75) is 19.4 Å². The second kappa shape index (κ2) is 7.94. The van der Waals surface area contributed by atoms with E-state index in [4.69, 9.17) is 14.2 Å². The lowest BCUT2D eigenvalue weighted by Crippen LogP contribution is -2.46. The molecule has 0 radical (unpaired) electrons. The molecule has 1 amide bonds. The molecule has 0 aliphatic rings. The number of nitrogens with one attached hydrogen (secondary N) is 1. The number of rotatable bonds is 7. The van der Waals surface area contributed by atoms with Gasteiger partial charge in [-0.25, -0.2) is 0 Å². The summed E-state index contributed by atoms with van der Waals surface area (Å²) >= 11 is 0. The predicted octanol–water partition coefficient (Wildman–Crippen LogP) is 2.32. The van der Waals surface area contributed by atoms with E-state index in [9.17, 15) is 4.79 Å². The maximum atomic E-state index is 12.3. The van der Waals surface area contributed by atoms with Crippen molar-refractivity contribution < 1.29 is 19.0 Å². The van der Waals surface area contributed by atoms with Crippen LogP contribution < -0.4 is 14.8 Å². The SMILES string of the molecule is COCC(C)(C)NC(=O)c1ccc(-c2nc(OC)cc(OC)n2)cc1. The smallest absolute Gasteiger partial charge is 0.251 e. The molecule has 0 bridgehead atoms. The Morgan fingerprint density at radius 1 is 1.04 bits per heavy atom. The number of carbonyl (C=O) groups excluding carboxylic acids is 1. The summed E-state index contributed by atoms with van der Waals surface area (Å²) in [5.41, 5.74) is 0.848. The fourth-order valence-electron chi connectivity index (χ4n) is 2.29. The second-order valence-electron chi connectivity index (χ2n) is 6.12. The molecule has 2 rings (SSSR count). The van der Waals surface area contributed by atoms with E-state index < -0.39 is 5.54 Å². The molecule has 0 spiro atoms. The summed E-state index contributed by atoms with van der Waals surface area (Å²) < 4.78 is 15.4. The third-order valence-corrected chi connectivity index (χ3v) is 3.46. The average molecular weight is 345 g/mol. The summed E-state index contributed by atoms with van der Waals surface area (Å²) in [6.07, 6.45) is 0. The van der Waals surface area contributed by atoms with Gasteiger partial charge in [0.05, 0.1) is 32.4 Å². The molecule has 2 aromatic rings. The Kier molecular flexibility index (Phi) is 5.93. The van der Waals surface area contributed by atoms with Gasteiger partial charge in [-0.1, -0.05) is 12.1 Å². The lowest BCUT2D eigenvalue weighted by Gasteiger charge is -2.25. The molecule has 0 unspecified atom stereocenters. The number of amides is 1. The van der Waals surface area contributed by atoms with Crippen LogP contribution in [-0.2, 0) is 4.74 Å². The van der Waals surface area contributed by atoms with Crippen molar-refractivity contribution in [1.82, 2.24) is 15.3 Å². The first kappa shape index (κ1) is 18.7. The van der Waals surface area contributed by atoms with Crippen LogP contribution in [0.15, 0.2) is 30.3 Å². The summed E-state index contributed by atoms with van der Waals surface area (Å²) in [6.45, 7) is 4.23. The van der Waals surface area contributed by atoms with Gasteiger partial charge < -0.3 is 19.5 Å². The first-order valence-electron chi connectivity index (χ1n) is 7.77. The van der Waals surface area contributed by atoms with Crippen LogP contribution in [0.3, 0.4) is 0 Å². The summed E-state index contributed by atoms with van der Waals surface area (Å²) in [4.78, 5) is 20.9. The molecule has 1 aromatic carbocycles. The van der Waals surface area contributed by atoms with Gasteiger partial charge in [-0.2, -0.15) is 9.97 Å². The fourth-order valence-corrected chi connectivity index (χ4v) is 2.29. The summed E-state index contributed by atoms with van der Waals surface area (Å²) in [5, 5.41) is 2.93. The Labute approximate surface area is 147 Å². The summed E-state index contributed by atoms with van der Waals surface area (Å²) in [5.74, 6) is 1.11. The van der Waals surface area contributed by atoms with Crippen LogP contribution in [0.2, 0.25) is 0 Å². The number of nitrogens with zero attached hydrogens (tertiary/aromatic N) is 2. The number of hydrogen-bond acceptors (Lipinski definition) is 6. The highest BCUT2D eigenvalue weighted by Gasteiger charge is 2.21. The first-order chi connectivity index (χ1) is 11.9. The van der Waals surface area contributed by atoms with Gasteiger partial charge in [0.15, 0.2) is 5.82 Å². The number of ether oxygens (including phenoxy) is 3. The number of aromatic nitrogens is 2. The van der Waals surface area contributed by atoms with Gasteiger partial charge >= 0.3 is 0 Å². The van der Waals surface area contributed by atoms with Crippen molar-refractivity contribution in [3.63, 3.8) is 0 Å². The lowest BCUT2D eigenvalue weighted by molar-refractivity contribution is 0.0820. The number of hydrogen-bond donors (Lipinski definition) is 1. The van der Waals surface area contributed by atoms with E-state index in [1.54, 1.807) is 37.4 Å². The largest absolute Gasteiger partial charge is 0.481 e. The third-order valence-electron chi connectivity index (χ3n) is 3.46. The van der Waals surface area contributed by atoms with E-state index in [-0.39, 0.29) is 5.91 Å². The van der Waals surface area contributed by atoms with Crippen LogP contribution in [0.4, 0.5) is 0 Å². The number of benzene rings is 1. The molecular weight excluding hydrogens is 322 g/mol. The maximum Gasteiger partial charge on any atom is 0.251 e. The van der Waals surface area contributed by atoms with Crippen molar-refractivity contribution in [3.8, 4) is 23.1 Å². The normalized spacial score (nSPS) is 11.1. The van der Waals surface area contributed by atoms with Crippen molar-refractivity contribution in [2.24, 2.45) is 0 Å². The molecule has 0 aliphatic heterocycles. The molecule has 0 saturated carbocycles. The van der Waals surface area contributed by atoms with Gasteiger partial charge in [0, 0.05) is 18.2 Å². The monoisotopic (exact) mass is 345 g/mol. The van der Waals surface area contributed by atoms with E-state index in [1.807, 2.05) is 13.8 Å². The van der Waals surface area contributed by atoms with Crippen molar-refractivity contribution in [1.29, 1.82) is 0 Å². The van der Waals surface area contributed by atoms with Gasteiger partial charge in [-0.3, -0.25) is 4.79 Å². The Morgan fingerprint density at radius 2 is 1.60 bits per heavy atom. The molecule has 7 heteroatoms. The van der Waals surface area contributed by atoms with Gasteiger partial charge in [0.25, 0.3) is 5.91 Å². The standard InChI is InChI=1S/C18H23N3O4/c1-18(2,11-23-3)21-17(22)13-8-6-12(7-9-13)16-19-14(24-4)10-15(20-16)25-5/h6-10H,11H2,1-5H3,(H,21,22). The Bertz CT molecular complexity index is 707. The molecule has 25 heavy (non-hydrogen) atoms. The third kappa shape index (κ3) is 4.90. The van der Waals surface area contributed by atoms with Crippen LogP contribution in [-0.4, -0.2) is 49.4 Å². The van der Waals surface area contributed by atoms with Crippen LogP contribution >= 0.6 is 0 Å². The molecule has 0 saturated heterocycles. The fraction of sp³-hybridized carbons (Fsp3) is 0.389. The summed E-state index contributed by atoms with van der Waals surface area (Å²) in [7, 11) is 4.66. The number of carbonyl (C=O) groups is 1. The van der Waals surface area contributed by atoms with E-state index in [1.165, 1.54) is 14.2 Å². The van der Waals surface area contributed by atoms with E-state index in [0.29, 0.717) is 29.8 Å². The average Bonchev–Trinajstić information content (AvgIpc) is 2.60. The minimum absolute atomic E-state index is 0.169. The Morgan fingerprint density at radius 3 is 2.08 bits per heavy atom. The molecule has 1 heterocycles. The topological polar surface area (TPSA) is 82.6 Å². The highest BCUT2D eigenvalue weighted by Crippen LogP contribution is 2.22. The van der Waals surface area contributed by atoms with Crippen molar-refractivity contribution >= 4 is 5.91 Å². The van der Waals surface area contributed by atoms with Crippen LogP contribution in [0.1, 0.15) is 24.2 Å². The van der Waals surface area contributed by atoms with Crippen molar-refractivity contribution in [3.05, 3.63) is 35.9 Å². The highest BCUT2D eigenvalue weighted by atomic mass is 16.5. The highest BCUT2D eigenvalue weighted by molar-refractivity contribution is 5.95. The molecule has 0 atom stereocenters. The maximum absolute atomic E-state index is 12.3. The van der Waals surface area contributed by atoms with E-state index in [2.05, 4.69) is 15.3 Å². The second-order valence-corrected chi connectivity index (χ2v) is 6.12. The van der Waals surface area contributed by atoms with E-state index in [0.717, 1.165) is 5.56 Å². The van der Waals surface area contributed by atoms with Crippen LogP contribution in [0.25, 0.3) is 11.4 Å². The van der Waals surface area contributed by atoms with Crippen molar-refractivity contribution in [2.75, 3.05) is 27.9 Å². The van der Waals surface area contributed by atoms with Gasteiger partial charge in [0.1, 0.15) is 0 Å². The quantitative estimate of drug-likeness (QED) is 0.829. The predicted molar refractivity (Wildman–Crippen MR) is 94.0 cm³/mol. The zero-order chi connectivity index (χ0) is 18.4. The Hall–Kier alpha value is -2.67. The minimum atomic E-state index is -0.451. The number of methoxy groups -OCH3 is 3. The van der Waals surface area contributed by atoms with Crippen LogP contribution in [0, 0.1) is 0 Å². The molecule has 7 nitrogen and oxygen atoms in total. The molecular formula is C18H23N3O4. The lowest BCUT2D eigenvalue weighted by atomic mass is 10.1. The van der Waals surface area contributed by atoms with E-state index >= 15 is 0 Å². The van der Waals surface area contributed by atoms with Gasteiger partial charge in [0.2, 0.25) is 11.8 Å². The van der Waals surface area contributed by atoms with Gasteiger partial charge in [-0.15, -0.1) is 0 Å². The van der Waals surface area contributed by atoms with Crippen LogP contribution in [0.5, 0.6) is 11.8 Å². The minimum Gasteiger partial charge on any atom is -0.481 e. The first-order valence-corrected chi connectivity index (χ1v) is 7.77. The molecule has 0 aliphatic carbocycles. The zero-order valence-electron chi connectivity index (χ0n) is 15.1. The molecule has 0 fully saturated rings. The molecule has 134 valence electrons. The molecule has 1 N–H and O–H groups in total. The zero-order valence-corrected chi connectivity index (χ0v) is 15.1. The molecule has 1 aromatic heterocycles. The van der Waals surface area contributed by atoms with Gasteiger partial charge in [-0.05, 0) is 26.0 Å². The Balaban J connectivity index is 2.21. The summed E-state index contributed by atoms with van der Waals surface area (Å²) in [6, 6.07) is 8.62.